The van der Waals surface area contributed by atoms with Gasteiger partial charge in [0, 0.05) is 61.5 Å². The topological polar surface area (TPSA) is 46.5 Å². The number of nitrogens with zero attached hydrogens (tertiary/aromatic N) is 3. The van der Waals surface area contributed by atoms with Crippen LogP contribution in [0.2, 0.25) is 0 Å². The van der Waals surface area contributed by atoms with Crippen molar-refractivity contribution in [2.75, 3.05) is 13.6 Å². The third kappa shape index (κ3) is 3.75. The molecule has 0 saturated carbocycles. The van der Waals surface area contributed by atoms with E-state index in [1.54, 1.807) is 12.4 Å². The SMILES string of the molecule is C=C(C)/C=N\C(=C/N)CCn1c2c(c3cc(CC)ccc31)CN(C)CC2. The number of nitrogens with two attached hydrogens (primary N) is 1. The average molecular weight is 351 g/mol. The summed E-state index contributed by atoms with van der Waals surface area (Å²) in [5, 5.41) is 1.41. The van der Waals surface area contributed by atoms with E-state index in [0.717, 1.165) is 50.2 Å². The average Bonchev–Trinajstić information content (AvgIpc) is 2.94. The first kappa shape index (κ1) is 18.5. The van der Waals surface area contributed by atoms with Gasteiger partial charge < -0.3 is 15.2 Å². The standard InChI is InChI=1S/C22H30N4/c1-5-17-6-7-21-19(12-17)20-15-25(4)10-9-22(20)26(21)11-8-18(13-23)24-14-16(2)3/h6-7,12-14H,2,5,8-11,15,23H2,1,3-4H3/b18-13-,24-14-. The lowest BCUT2D eigenvalue weighted by Gasteiger charge is -2.24. The van der Waals surface area contributed by atoms with Gasteiger partial charge in [0.2, 0.25) is 0 Å². The van der Waals surface area contributed by atoms with Crippen molar-refractivity contribution in [2.24, 2.45) is 10.7 Å². The minimum absolute atomic E-state index is 0.821. The van der Waals surface area contributed by atoms with Crippen LogP contribution in [0.15, 0.2) is 47.2 Å². The monoisotopic (exact) mass is 350 g/mol. The number of rotatable bonds is 6. The van der Waals surface area contributed by atoms with Crippen LogP contribution in [-0.2, 0) is 25.9 Å². The highest BCUT2D eigenvalue weighted by atomic mass is 15.1. The van der Waals surface area contributed by atoms with Crippen molar-refractivity contribution in [2.45, 2.75) is 46.2 Å². The molecule has 1 aromatic carbocycles. The van der Waals surface area contributed by atoms with Gasteiger partial charge in [-0.1, -0.05) is 19.6 Å². The fourth-order valence-electron chi connectivity index (χ4n) is 3.72. The molecular weight excluding hydrogens is 320 g/mol. The predicted molar refractivity (Wildman–Crippen MR) is 112 cm³/mol. The summed E-state index contributed by atoms with van der Waals surface area (Å²) in [5.74, 6) is 0. The number of benzene rings is 1. The van der Waals surface area contributed by atoms with Gasteiger partial charge in [-0.2, -0.15) is 0 Å². The molecule has 0 unspecified atom stereocenters. The van der Waals surface area contributed by atoms with E-state index in [9.17, 15) is 0 Å². The first-order chi connectivity index (χ1) is 12.5. The first-order valence-electron chi connectivity index (χ1n) is 9.45. The largest absolute Gasteiger partial charge is 0.403 e. The Morgan fingerprint density at radius 3 is 2.88 bits per heavy atom. The van der Waals surface area contributed by atoms with E-state index < -0.39 is 0 Å². The Bertz CT molecular complexity index is 870. The molecule has 138 valence electrons. The minimum Gasteiger partial charge on any atom is -0.403 e. The van der Waals surface area contributed by atoms with Crippen molar-refractivity contribution >= 4 is 17.1 Å². The van der Waals surface area contributed by atoms with E-state index in [0.29, 0.717) is 0 Å². The number of aryl methyl sites for hydroxylation is 2. The van der Waals surface area contributed by atoms with Crippen LogP contribution in [0.4, 0.5) is 0 Å². The van der Waals surface area contributed by atoms with E-state index in [1.807, 2.05) is 6.92 Å². The second-order valence-electron chi connectivity index (χ2n) is 7.28. The molecule has 4 heteroatoms. The molecule has 0 saturated heterocycles. The maximum absolute atomic E-state index is 5.78. The second kappa shape index (κ2) is 7.92. The molecule has 1 aliphatic rings. The molecule has 3 rings (SSSR count). The number of allylic oxidation sites excluding steroid dienone is 2. The number of hydrogen-bond acceptors (Lipinski definition) is 3. The van der Waals surface area contributed by atoms with Crippen LogP contribution < -0.4 is 5.73 Å². The summed E-state index contributed by atoms with van der Waals surface area (Å²) in [6, 6.07) is 6.92. The Balaban J connectivity index is 1.96. The Morgan fingerprint density at radius 1 is 1.38 bits per heavy atom. The van der Waals surface area contributed by atoms with Gasteiger partial charge in [0.15, 0.2) is 0 Å². The van der Waals surface area contributed by atoms with Crippen molar-refractivity contribution in [1.29, 1.82) is 0 Å². The van der Waals surface area contributed by atoms with Crippen LogP contribution >= 0.6 is 0 Å². The summed E-state index contributed by atoms with van der Waals surface area (Å²) in [6.07, 6.45) is 6.38. The Labute approximate surface area is 156 Å². The molecule has 1 aromatic heterocycles. The van der Waals surface area contributed by atoms with Gasteiger partial charge in [-0.25, -0.2) is 0 Å². The van der Waals surface area contributed by atoms with Gasteiger partial charge in [-0.3, -0.25) is 4.99 Å². The van der Waals surface area contributed by atoms with Crippen molar-refractivity contribution in [3.63, 3.8) is 0 Å². The van der Waals surface area contributed by atoms with Crippen molar-refractivity contribution in [3.05, 3.63) is 59.1 Å². The number of fused-ring (bicyclic) bond motifs is 3. The number of likely N-dealkylation sites (N-methyl/N-ethyl adjacent to an activating group) is 1. The summed E-state index contributed by atoms with van der Waals surface area (Å²) in [6.45, 7) is 11.1. The lowest BCUT2D eigenvalue weighted by atomic mass is 10.0. The lowest BCUT2D eigenvalue weighted by Crippen LogP contribution is -2.27. The molecule has 0 fully saturated rings. The summed E-state index contributed by atoms with van der Waals surface area (Å²) in [7, 11) is 2.21. The van der Waals surface area contributed by atoms with Crippen molar-refractivity contribution in [3.8, 4) is 0 Å². The van der Waals surface area contributed by atoms with Gasteiger partial charge >= 0.3 is 0 Å². The number of aliphatic imine (C=N–C) groups is 1. The van der Waals surface area contributed by atoms with Gasteiger partial charge in [0.05, 0.1) is 5.70 Å². The van der Waals surface area contributed by atoms with E-state index in [-0.39, 0.29) is 0 Å². The molecule has 2 N–H and O–H groups in total. The lowest BCUT2D eigenvalue weighted by molar-refractivity contribution is 0.309. The molecule has 1 aliphatic heterocycles. The van der Waals surface area contributed by atoms with Crippen LogP contribution in [0, 0.1) is 0 Å². The molecular formula is C22H30N4. The zero-order valence-corrected chi connectivity index (χ0v) is 16.3. The highest BCUT2D eigenvalue weighted by Gasteiger charge is 2.22. The maximum atomic E-state index is 5.78. The molecule has 0 atom stereocenters. The van der Waals surface area contributed by atoms with Crippen LogP contribution in [0.25, 0.3) is 10.9 Å². The van der Waals surface area contributed by atoms with E-state index in [2.05, 4.69) is 53.2 Å². The van der Waals surface area contributed by atoms with Gasteiger partial charge in [-0.15, -0.1) is 0 Å². The number of aromatic nitrogens is 1. The molecule has 26 heavy (non-hydrogen) atoms. The van der Waals surface area contributed by atoms with Crippen molar-refractivity contribution in [1.82, 2.24) is 9.47 Å². The zero-order chi connectivity index (χ0) is 18.7. The zero-order valence-electron chi connectivity index (χ0n) is 16.3. The maximum Gasteiger partial charge on any atom is 0.0575 e. The Morgan fingerprint density at radius 2 is 2.19 bits per heavy atom. The van der Waals surface area contributed by atoms with Gasteiger partial charge in [-0.05, 0) is 49.2 Å². The third-order valence-electron chi connectivity index (χ3n) is 5.15. The highest BCUT2D eigenvalue weighted by molar-refractivity contribution is 5.86. The molecule has 0 spiro atoms. The second-order valence-corrected chi connectivity index (χ2v) is 7.28. The quantitative estimate of drug-likeness (QED) is 0.800. The molecule has 0 bridgehead atoms. The minimum atomic E-state index is 0.821. The molecule has 0 aliphatic carbocycles. The molecule has 2 heterocycles. The summed E-state index contributed by atoms with van der Waals surface area (Å²) >= 11 is 0. The van der Waals surface area contributed by atoms with E-state index >= 15 is 0 Å². The van der Waals surface area contributed by atoms with E-state index in [4.69, 9.17) is 5.73 Å². The van der Waals surface area contributed by atoms with Crippen LogP contribution in [-0.4, -0.2) is 29.3 Å². The smallest absolute Gasteiger partial charge is 0.0575 e. The fourth-order valence-corrected chi connectivity index (χ4v) is 3.72. The Kier molecular flexibility index (Phi) is 5.62. The van der Waals surface area contributed by atoms with Crippen LogP contribution in [0.5, 0.6) is 0 Å². The summed E-state index contributed by atoms with van der Waals surface area (Å²) in [4.78, 5) is 6.87. The van der Waals surface area contributed by atoms with E-state index in [1.165, 1.54) is 27.7 Å². The highest BCUT2D eigenvalue weighted by Crippen LogP contribution is 2.32. The number of hydrogen-bond donors (Lipinski definition) is 1. The first-order valence-corrected chi connectivity index (χ1v) is 9.45. The summed E-state index contributed by atoms with van der Waals surface area (Å²) in [5.41, 5.74) is 13.3. The molecule has 2 aromatic rings. The fraction of sp³-hybridized carbons (Fsp3) is 0.409. The summed E-state index contributed by atoms with van der Waals surface area (Å²) < 4.78 is 2.48. The van der Waals surface area contributed by atoms with Gasteiger partial charge in [0.1, 0.15) is 0 Å². The molecule has 4 nitrogen and oxygen atoms in total. The van der Waals surface area contributed by atoms with Crippen molar-refractivity contribution < 1.29 is 0 Å². The van der Waals surface area contributed by atoms with Crippen LogP contribution in [0.3, 0.4) is 0 Å². The Hall–Kier alpha value is -2.33. The molecule has 0 amide bonds. The van der Waals surface area contributed by atoms with Gasteiger partial charge in [0.25, 0.3) is 0 Å². The third-order valence-corrected chi connectivity index (χ3v) is 5.15. The normalized spacial score (nSPS) is 15.7. The van der Waals surface area contributed by atoms with Crippen LogP contribution in [0.1, 0.15) is 37.1 Å². The molecule has 0 radical (unpaired) electrons. The predicted octanol–water partition coefficient (Wildman–Crippen LogP) is 4.03.